The fourth-order valence-corrected chi connectivity index (χ4v) is 5.52. The van der Waals surface area contributed by atoms with Gasteiger partial charge in [0.25, 0.3) is 0 Å². The molecular formula is C29H27N2O5S-. The summed E-state index contributed by atoms with van der Waals surface area (Å²) in [5.41, 5.74) is 8.67. The van der Waals surface area contributed by atoms with Gasteiger partial charge < -0.3 is 24.7 Å². The van der Waals surface area contributed by atoms with Gasteiger partial charge in [0, 0.05) is 18.7 Å². The normalized spacial score (nSPS) is 16.9. The summed E-state index contributed by atoms with van der Waals surface area (Å²) in [4.78, 5) is 14.1. The molecule has 1 saturated heterocycles. The van der Waals surface area contributed by atoms with Crippen LogP contribution in [0.3, 0.4) is 0 Å². The minimum absolute atomic E-state index is 0.213. The summed E-state index contributed by atoms with van der Waals surface area (Å²) in [6, 6.07) is 27.9. The highest BCUT2D eigenvalue weighted by Crippen LogP contribution is 2.37. The molecule has 3 unspecified atom stereocenters. The fraction of sp³-hybridized carbons (Fsp3) is 0.207. The second-order valence-electron chi connectivity index (χ2n) is 9.01. The Bertz CT molecular complexity index is 1420. The highest BCUT2D eigenvalue weighted by atomic mass is 32.2. The van der Waals surface area contributed by atoms with Crippen LogP contribution in [-0.2, 0) is 22.4 Å². The van der Waals surface area contributed by atoms with Crippen LogP contribution in [0.4, 0.5) is 10.5 Å². The molecule has 3 atom stereocenters. The third-order valence-corrected chi connectivity index (χ3v) is 7.44. The number of ether oxygens (including phenoxy) is 2. The van der Waals surface area contributed by atoms with Crippen LogP contribution in [-0.4, -0.2) is 38.9 Å². The number of fused-ring (bicyclic) bond motifs is 1. The van der Waals surface area contributed by atoms with Gasteiger partial charge in [0.05, 0.1) is 11.8 Å². The van der Waals surface area contributed by atoms with Crippen LogP contribution in [0.1, 0.15) is 28.4 Å². The van der Waals surface area contributed by atoms with Crippen molar-refractivity contribution in [3.05, 3.63) is 108 Å². The second-order valence-corrected chi connectivity index (χ2v) is 10.0. The van der Waals surface area contributed by atoms with Crippen LogP contribution in [0, 0.1) is 0 Å². The Morgan fingerprint density at radius 2 is 1.76 bits per heavy atom. The summed E-state index contributed by atoms with van der Waals surface area (Å²) in [5, 5.41) is 0.847. The van der Waals surface area contributed by atoms with Crippen molar-refractivity contribution in [2.24, 2.45) is 0 Å². The smallest absolute Gasteiger partial charge is 0.410 e. The molecule has 7 nitrogen and oxygen atoms in total. The average molecular weight is 516 g/mol. The first-order valence-corrected chi connectivity index (χ1v) is 13.2. The molecule has 5 rings (SSSR count). The van der Waals surface area contributed by atoms with Crippen molar-refractivity contribution in [3.63, 3.8) is 0 Å². The van der Waals surface area contributed by atoms with Crippen molar-refractivity contribution in [2.45, 2.75) is 24.4 Å². The zero-order chi connectivity index (χ0) is 25.8. The van der Waals surface area contributed by atoms with Gasteiger partial charge in [0.2, 0.25) is 0 Å². The number of nitrogens with two attached hydrogens (primary N) is 1. The van der Waals surface area contributed by atoms with Crippen LogP contribution in [0.2, 0.25) is 0 Å². The summed E-state index contributed by atoms with van der Waals surface area (Å²) in [6.45, 7) is 1.11. The third kappa shape index (κ3) is 5.60. The van der Waals surface area contributed by atoms with Gasteiger partial charge in [0.15, 0.2) is 0 Å². The van der Waals surface area contributed by atoms with Crippen LogP contribution >= 0.6 is 0 Å². The highest BCUT2D eigenvalue weighted by Gasteiger charge is 2.29. The molecule has 0 spiro atoms. The number of hydrogen-bond acceptors (Lipinski definition) is 6. The van der Waals surface area contributed by atoms with Crippen LogP contribution in [0.15, 0.2) is 91.0 Å². The summed E-state index contributed by atoms with van der Waals surface area (Å²) < 4.78 is 36.6. The molecule has 1 fully saturated rings. The SMILES string of the molecule is Nc1ccc(OC2CCN(C(=O)OCc3ccccc3)C2)cc1C(c1cccc2ccccc12)S(=O)[O-]. The Labute approximate surface area is 218 Å². The van der Waals surface area contributed by atoms with E-state index in [-0.39, 0.29) is 18.8 Å². The maximum absolute atomic E-state index is 12.5. The Morgan fingerprint density at radius 1 is 1.00 bits per heavy atom. The van der Waals surface area contributed by atoms with E-state index < -0.39 is 16.3 Å². The molecule has 8 heteroatoms. The second kappa shape index (κ2) is 11.0. The van der Waals surface area contributed by atoms with E-state index in [4.69, 9.17) is 15.2 Å². The molecule has 4 aromatic carbocycles. The number of rotatable bonds is 7. The summed E-state index contributed by atoms with van der Waals surface area (Å²) >= 11 is -2.47. The lowest BCUT2D eigenvalue weighted by Crippen LogP contribution is -2.31. The zero-order valence-electron chi connectivity index (χ0n) is 20.1. The van der Waals surface area contributed by atoms with E-state index in [1.54, 1.807) is 23.1 Å². The quantitative estimate of drug-likeness (QED) is 0.269. The first-order valence-electron chi connectivity index (χ1n) is 12.1. The molecule has 0 saturated carbocycles. The number of amides is 1. The Kier molecular flexibility index (Phi) is 7.39. The third-order valence-electron chi connectivity index (χ3n) is 6.55. The lowest BCUT2D eigenvalue weighted by Gasteiger charge is -2.25. The molecule has 1 amide bonds. The summed E-state index contributed by atoms with van der Waals surface area (Å²) in [7, 11) is 0. The standard InChI is InChI=1S/C29H28N2O5S/c30-27-14-13-22(36-23-15-16-31(18-23)29(32)35-19-20-7-2-1-3-8-20)17-26(27)28(37(33)34)25-12-6-10-21-9-4-5-11-24(21)25/h1-14,17,23,28H,15-16,18-19,30H2,(H,33,34)/p-1. The van der Waals surface area contributed by atoms with Gasteiger partial charge in [-0.25, -0.2) is 4.79 Å². The average Bonchev–Trinajstić information content (AvgIpc) is 3.38. The largest absolute Gasteiger partial charge is 0.772 e. The van der Waals surface area contributed by atoms with E-state index in [0.717, 1.165) is 16.3 Å². The van der Waals surface area contributed by atoms with Crippen LogP contribution in [0.5, 0.6) is 5.75 Å². The topological polar surface area (TPSA) is 105 Å². The van der Waals surface area contributed by atoms with E-state index in [1.807, 2.05) is 72.8 Å². The van der Waals surface area contributed by atoms with Crippen molar-refractivity contribution in [3.8, 4) is 5.75 Å². The minimum Gasteiger partial charge on any atom is -0.772 e. The molecule has 1 aliphatic heterocycles. The predicted octanol–water partition coefficient (Wildman–Crippen LogP) is 5.18. The number of carbonyl (C=O) groups excluding carboxylic acids is 1. The maximum Gasteiger partial charge on any atom is 0.410 e. The van der Waals surface area contributed by atoms with Crippen molar-refractivity contribution in [2.75, 3.05) is 18.8 Å². The number of carbonyl (C=O) groups is 1. The van der Waals surface area contributed by atoms with Crippen molar-refractivity contribution < 1.29 is 23.0 Å². The molecule has 2 N–H and O–H groups in total. The Balaban J connectivity index is 1.31. The van der Waals surface area contributed by atoms with E-state index in [1.165, 1.54) is 0 Å². The fourth-order valence-electron chi connectivity index (χ4n) is 4.70. The molecule has 1 aliphatic rings. The van der Waals surface area contributed by atoms with Gasteiger partial charge in [-0.2, -0.15) is 0 Å². The Morgan fingerprint density at radius 3 is 2.57 bits per heavy atom. The minimum atomic E-state index is -2.47. The maximum atomic E-state index is 12.5. The lowest BCUT2D eigenvalue weighted by atomic mass is 9.97. The number of nitrogens with zero attached hydrogens (tertiary/aromatic N) is 1. The van der Waals surface area contributed by atoms with Gasteiger partial charge in [0.1, 0.15) is 18.5 Å². The van der Waals surface area contributed by atoms with Crippen molar-refractivity contribution in [1.82, 2.24) is 4.90 Å². The molecule has 0 aromatic heterocycles. The highest BCUT2D eigenvalue weighted by molar-refractivity contribution is 7.79. The van der Waals surface area contributed by atoms with Gasteiger partial charge in [-0.05, 0) is 56.7 Å². The molecule has 0 radical (unpaired) electrons. The number of nitrogen functional groups attached to an aromatic ring is 1. The summed E-state index contributed by atoms with van der Waals surface area (Å²) in [5.74, 6) is 0.504. The van der Waals surface area contributed by atoms with Crippen LogP contribution in [0.25, 0.3) is 10.8 Å². The molecule has 0 aliphatic carbocycles. The monoisotopic (exact) mass is 515 g/mol. The van der Waals surface area contributed by atoms with Gasteiger partial charge >= 0.3 is 6.09 Å². The van der Waals surface area contributed by atoms with E-state index >= 15 is 0 Å². The van der Waals surface area contributed by atoms with E-state index in [2.05, 4.69) is 0 Å². The first kappa shape index (κ1) is 24.8. The molecule has 1 heterocycles. The van der Waals surface area contributed by atoms with Gasteiger partial charge in [-0.3, -0.25) is 4.21 Å². The number of likely N-dealkylation sites (tertiary alicyclic amines) is 1. The van der Waals surface area contributed by atoms with Crippen molar-refractivity contribution >= 4 is 33.6 Å². The first-order chi connectivity index (χ1) is 18.0. The van der Waals surface area contributed by atoms with Crippen LogP contribution < -0.4 is 10.5 Å². The number of benzene rings is 4. The van der Waals surface area contributed by atoms with Gasteiger partial charge in [-0.15, -0.1) is 0 Å². The van der Waals surface area contributed by atoms with Gasteiger partial charge in [-0.1, -0.05) is 72.8 Å². The zero-order valence-corrected chi connectivity index (χ0v) is 20.9. The molecule has 0 bridgehead atoms. The lowest BCUT2D eigenvalue weighted by molar-refractivity contribution is 0.0991. The molecule has 37 heavy (non-hydrogen) atoms. The predicted molar refractivity (Wildman–Crippen MR) is 143 cm³/mol. The number of hydrogen-bond donors (Lipinski definition) is 1. The summed E-state index contributed by atoms with van der Waals surface area (Å²) in [6.07, 6.45) is 0.0145. The Hall–Kier alpha value is -3.88. The molecule has 4 aromatic rings. The molecular weight excluding hydrogens is 488 g/mol. The van der Waals surface area contributed by atoms with E-state index in [0.29, 0.717) is 42.1 Å². The van der Waals surface area contributed by atoms with E-state index in [9.17, 15) is 13.6 Å². The molecule has 190 valence electrons. The number of anilines is 1. The van der Waals surface area contributed by atoms with Crippen molar-refractivity contribution in [1.29, 1.82) is 0 Å².